The second-order valence-corrected chi connectivity index (χ2v) is 5.40. The van der Waals surface area contributed by atoms with Crippen molar-refractivity contribution in [2.24, 2.45) is 7.05 Å². The van der Waals surface area contributed by atoms with E-state index in [1.807, 2.05) is 48.4 Å². The van der Waals surface area contributed by atoms with Crippen LogP contribution < -0.4 is 0 Å². The molecule has 20 heavy (non-hydrogen) atoms. The van der Waals surface area contributed by atoms with Crippen LogP contribution in [0.2, 0.25) is 5.02 Å². The first-order chi connectivity index (χ1) is 9.60. The average molecular weight is 294 g/mol. The third-order valence-corrected chi connectivity index (χ3v) is 3.55. The van der Waals surface area contributed by atoms with Gasteiger partial charge < -0.3 is 4.74 Å². The van der Waals surface area contributed by atoms with Crippen molar-refractivity contribution in [3.05, 3.63) is 52.8 Å². The van der Waals surface area contributed by atoms with E-state index in [1.165, 1.54) is 11.1 Å². The SMILES string of the molecule is COC[C@@H](c1ccc(Cl)cc1)N(C)Cc1cnn(C)c1. The van der Waals surface area contributed by atoms with Gasteiger partial charge in [0.05, 0.1) is 18.8 Å². The van der Waals surface area contributed by atoms with E-state index < -0.39 is 0 Å². The zero-order valence-corrected chi connectivity index (χ0v) is 12.8. The van der Waals surface area contributed by atoms with E-state index in [1.54, 1.807) is 7.11 Å². The molecule has 0 spiro atoms. The molecule has 1 aromatic heterocycles. The van der Waals surface area contributed by atoms with Crippen LogP contribution in [0.4, 0.5) is 0 Å². The highest BCUT2D eigenvalue weighted by molar-refractivity contribution is 6.30. The van der Waals surface area contributed by atoms with E-state index in [2.05, 4.69) is 17.0 Å². The van der Waals surface area contributed by atoms with Crippen LogP contribution in [0, 0.1) is 0 Å². The minimum Gasteiger partial charge on any atom is -0.383 e. The molecule has 5 heteroatoms. The summed E-state index contributed by atoms with van der Waals surface area (Å²) in [5.74, 6) is 0. The van der Waals surface area contributed by atoms with Crippen LogP contribution in [0.1, 0.15) is 17.2 Å². The highest BCUT2D eigenvalue weighted by atomic mass is 35.5. The Hall–Kier alpha value is -1.36. The number of aromatic nitrogens is 2. The van der Waals surface area contributed by atoms with E-state index in [9.17, 15) is 0 Å². The summed E-state index contributed by atoms with van der Waals surface area (Å²) in [6.45, 7) is 1.46. The predicted octanol–water partition coefficient (Wildman–Crippen LogP) is 2.89. The van der Waals surface area contributed by atoms with Crippen LogP contribution in [-0.2, 0) is 18.3 Å². The Labute approximate surface area is 124 Å². The second-order valence-electron chi connectivity index (χ2n) is 4.96. The molecule has 4 nitrogen and oxygen atoms in total. The van der Waals surface area contributed by atoms with Gasteiger partial charge in [0.1, 0.15) is 0 Å². The van der Waals surface area contributed by atoms with Gasteiger partial charge >= 0.3 is 0 Å². The van der Waals surface area contributed by atoms with Gasteiger partial charge in [-0.05, 0) is 24.7 Å². The summed E-state index contributed by atoms with van der Waals surface area (Å²) in [5.41, 5.74) is 2.38. The van der Waals surface area contributed by atoms with Crippen molar-refractivity contribution >= 4 is 11.6 Å². The number of hydrogen-bond acceptors (Lipinski definition) is 3. The summed E-state index contributed by atoms with van der Waals surface area (Å²) in [4.78, 5) is 2.25. The molecule has 2 rings (SSSR count). The van der Waals surface area contributed by atoms with E-state index in [0.717, 1.165) is 11.6 Å². The zero-order valence-electron chi connectivity index (χ0n) is 12.1. The lowest BCUT2D eigenvalue weighted by Gasteiger charge is -2.27. The Bertz CT molecular complexity index is 538. The molecule has 0 aliphatic rings. The Morgan fingerprint density at radius 2 is 2.05 bits per heavy atom. The standard InChI is InChI=1S/C15H20ClN3O/c1-18(9-12-8-17-19(2)10-12)15(11-20-3)13-4-6-14(16)7-5-13/h4-8,10,15H,9,11H2,1-3H3/t15-/m0/s1. The van der Waals surface area contributed by atoms with E-state index >= 15 is 0 Å². The molecule has 1 heterocycles. The summed E-state index contributed by atoms with van der Waals surface area (Å²) in [5, 5.41) is 4.95. The lowest BCUT2D eigenvalue weighted by molar-refractivity contribution is 0.102. The maximum Gasteiger partial charge on any atom is 0.0659 e. The topological polar surface area (TPSA) is 30.3 Å². The average Bonchev–Trinajstić information content (AvgIpc) is 2.82. The molecule has 0 radical (unpaired) electrons. The molecule has 0 aliphatic carbocycles. The molecule has 0 saturated carbocycles. The van der Waals surface area contributed by atoms with Gasteiger partial charge in [0.25, 0.3) is 0 Å². The number of aryl methyl sites for hydroxylation is 1. The summed E-state index contributed by atoms with van der Waals surface area (Å²) in [6.07, 6.45) is 3.92. The van der Waals surface area contributed by atoms with Crippen molar-refractivity contribution in [1.82, 2.24) is 14.7 Å². The third kappa shape index (κ3) is 3.82. The first kappa shape index (κ1) is 15.0. The zero-order chi connectivity index (χ0) is 14.5. The van der Waals surface area contributed by atoms with Crippen molar-refractivity contribution < 1.29 is 4.74 Å². The maximum absolute atomic E-state index is 5.95. The Kier molecular flexibility index (Phi) is 5.17. The maximum atomic E-state index is 5.95. The van der Waals surface area contributed by atoms with Crippen LogP contribution in [-0.4, -0.2) is 35.4 Å². The normalized spacial score (nSPS) is 12.8. The highest BCUT2D eigenvalue weighted by Crippen LogP contribution is 2.23. The van der Waals surface area contributed by atoms with Crippen molar-refractivity contribution in [2.75, 3.05) is 20.8 Å². The Morgan fingerprint density at radius 1 is 1.35 bits per heavy atom. The lowest BCUT2D eigenvalue weighted by Crippen LogP contribution is -2.27. The van der Waals surface area contributed by atoms with Gasteiger partial charge in [0.2, 0.25) is 0 Å². The Balaban J connectivity index is 2.12. The summed E-state index contributed by atoms with van der Waals surface area (Å²) in [7, 11) is 5.74. The molecule has 0 unspecified atom stereocenters. The van der Waals surface area contributed by atoms with Crippen molar-refractivity contribution in [1.29, 1.82) is 0 Å². The smallest absolute Gasteiger partial charge is 0.0659 e. The molecular formula is C15H20ClN3O. The van der Waals surface area contributed by atoms with Crippen LogP contribution in [0.25, 0.3) is 0 Å². The van der Waals surface area contributed by atoms with E-state index in [0.29, 0.717) is 6.61 Å². The number of halogens is 1. The van der Waals surface area contributed by atoms with Crippen LogP contribution >= 0.6 is 11.6 Å². The van der Waals surface area contributed by atoms with Crippen molar-refractivity contribution in [2.45, 2.75) is 12.6 Å². The van der Waals surface area contributed by atoms with Crippen molar-refractivity contribution in [3.63, 3.8) is 0 Å². The van der Waals surface area contributed by atoms with Gasteiger partial charge in [0.15, 0.2) is 0 Å². The fraction of sp³-hybridized carbons (Fsp3) is 0.400. The molecule has 0 fully saturated rings. The lowest BCUT2D eigenvalue weighted by atomic mass is 10.1. The molecule has 0 aliphatic heterocycles. The minimum absolute atomic E-state index is 0.192. The number of ether oxygens (including phenoxy) is 1. The first-order valence-corrected chi connectivity index (χ1v) is 6.90. The minimum atomic E-state index is 0.192. The third-order valence-electron chi connectivity index (χ3n) is 3.30. The van der Waals surface area contributed by atoms with Crippen LogP contribution in [0.3, 0.4) is 0 Å². The van der Waals surface area contributed by atoms with Gasteiger partial charge in [-0.15, -0.1) is 0 Å². The van der Waals surface area contributed by atoms with Gasteiger partial charge in [-0.1, -0.05) is 23.7 Å². The monoisotopic (exact) mass is 293 g/mol. The molecule has 1 aromatic carbocycles. The summed E-state index contributed by atoms with van der Waals surface area (Å²) in [6, 6.07) is 8.12. The molecule has 2 aromatic rings. The molecule has 0 N–H and O–H groups in total. The van der Waals surface area contributed by atoms with E-state index in [-0.39, 0.29) is 6.04 Å². The number of rotatable bonds is 6. The second kappa shape index (κ2) is 6.88. The van der Waals surface area contributed by atoms with Gasteiger partial charge in [-0.2, -0.15) is 5.10 Å². The fourth-order valence-electron chi connectivity index (χ4n) is 2.27. The molecule has 1 atom stereocenters. The predicted molar refractivity (Wildman–Crippen MR) is 80.7 cm³/mol. The number of nitrogens with zero attached hydrogens (tertiary/aromatic N) is 3. The largest absolute Gasteiger partial charge is 0.383 e. The molecule has 0 bridgehead atoms. The fourth-order valence-corrected chi connectivity index (χ4v) is 2.40. The molecular weight excluding hydrogens is 274 g/mol. The van der Waals surface area contributed by atoms with Gasteiger partial charge in [-0.25, -0.2) is 0 Å². The Morgan fingerprint density at radius 3 is 2.60 bits per heavy atom. The quantitative estimate of drug-likeness (QED) is 0.820. The van der Waals surface area contributed by atoms with E-state index in [4.69, 9.17) is 16.3 Å². The number of likely N-dealkylation sites (N-methyl/N-ethyl adjacent to an activating group) is 1. The summed E-state index contributed by atoms with van der Waals surface area (Å²) >= 11 is 5.95. The molecule has 108 valence electrons. The summed E-state index contributed by atoms with van der Waals surface area (Å²) < 4.78 is 7.17. The highest BCUT2D eigenvalue weighted by Gasteiger charge is 2.17. The number of benzene rings is 1. The number of hydrogen-bond donors (Lipinski definition) is 0. The van der Waals surface area contributed by atoms with Crippen molar-refractivity contribution in [3.8, 4) is 0 Å². The molecule has 0 amide bonds. The number of methoxy groups -OCH3 is 1. The van der Waals surface area contributed by atoms with Crippen LogP contribution in [0.5, 0.6) is 0 Å². The van der Waals surface area contributed by atoms with Crippen LogP contribution in [0.15, 0.2) is 36.7 Å². The van der Waals surface area contributed by atoms with Gasteiger partial charge in [-0.3, -0.25) is 9.58 Å². The van der Waals surface area contributed by atoms with Gasteiger partial charge in [0, 0.05) is 37.5 Å². The molecule has 0 saturated heterocycles. The first-order valence-electron chi connectivity index (χ1n) is 6.52.